The van der Waals surface area contributed by atoms with Gasteiger partial charge in [-0.25, -0.2) is 0 Å². The van der Waals surface area contributed by atoms with E-state index in [1.807, 2.05) is 13.0 Å². The lowest BCUT2D eigenvalue weighted by atomic mass is 10.2. The Balaban J connectivity index is 2.13. The van der Waals surface area contributed by atoms with Gasteiger partial charge in [0.15, 0.2) is 17.1 Å². The number of methoxy groups -OCH3 is 1. The average Bonchev–Trinajstić information content (AvgIpc) is 3.18. The lowest BCUT2D eigenvalue weighted by Gasteiger charge is -2.09. The first-order valence-electron chi connectivity index (χ1n) is 11.4. The monoisotopic (exact) mass is 563 g/mol. The summed E-state index contributed by atoms with van der Waals surface area (Å²) in [7, 11) is 1.30. The number of para-hydroxylation sites is 1. The number of benzene rings is 2. The largest absolute Gasteiger partial charge is 0.493 e. The maximum Gasteiger partial charge on any atom is 0.387 e. The van der Waals surface area contributed by atoms with Crippen molar-refractivity contribution >= 4 is 46.2 Å². The fourth-order valence-corrected chi connectivity index (χ4v) is 4.75. The summed E-state index contributed by atoms with van der Waals surface area (Å²) in [5, 5.41) is 12.8. The van der Waals surface area contributed by atoms with Crippen LogP contribution in [0, 0.1) is 11.3 Å². The van der Waals surface area contributed by atoms with E-state index in [1.165, 1.54) is 36.0 Å². The van der Waals surface area contributed by atoms with Crippen LogP contribution >= 0.6 is 22.9 Å². The molecule has 0 aliphatic heterocycles. The number of alkyl halides is 2. The first-order valence-corrected chi connectivity index (χ1v) is 12.6. The number of thiazole rings is 1. The maximum absolute atomic E-state index is 13.4. The molecule has 0 aliphatic rings. The van der Waals surface area contributed by atoms with Crippen LogP contribution in [0.25, 0.3) is 11.6 Å². The molecule has 0 atom stereocenters. The molecular formula is C26H24ClF2N3O5S. The second-order valence-electron chi connectivity index (χ2n) is 7.63. The highest BCUT2D eigenvalue weighted by molar-refractivity contribution is 7.07. The molecule has 0 bridgehead atoms. The number of nitrogens with one attached hydrogen (secondary N) is 1. The van der Waals surface area contributed by atoms with Crippen LogP contribution in [0.3, 0.4) is 0 Å². The minimum atomic E-state index is -3.03. The van der Waals surface area contributed by atoms with Crippen LogP contribution in [-0.4, -0.2) is 37.4 Å². The molecule has 0 saturated carbocycles. The molecule has 1 aromatic heterocycles. The number of aromatic nitrogens is 1. The summed E-state index contributed by atoms with van der Waals surface area (Å²) in [6.07, 6.45) is 1.99. The molecule has 3 aromatic rings. The zero-order valence-corrected chi connectivity index (χ0v) is 22.1. The van der Waals surface area contributed by atoms with Crippen molar-refractivity contribution in [1.82, 2.24) is 4.57 Å². The van der Waals surface area contributed by atoms with E-state index in [0.717, 1.165) is 11.3 Å². The number of rotatable bonds is 11. The quantitative estimate of drug-likeness (QED) is 0.357. The molecule has 1 amide bonds. The number of amides is 1. The third kappa shape index (κ3) is 7.19. The van der Waals surface area contributed by atoms with Gasteiger partial charge < -0.3 is 19.5 Å². The topological polar surface area (TPSA) is 103 Å². The zero-order valence-electron chi connectivity index (χ0n) is 20.5. The maximum atomic E-state index is 13.4. The van der Waals surface area contributed by atoms with Gasteiger partial charge in [0, 0.05) is 19.8 Å². The summed E-state index contributed by atoms with van der Waals surface area (Å²) < 4.78 is 42.0. The van der Waals surface area contributed by atoms with Crippen molar-refractivity contribution in [2.45, 2.75) is 26.5 Å². The van der Waals surface area contributed by atoms with E-state index >= 15 is 0 Å². The molecule has 2 aromatic carbocycles. The van der Waals surface area contributed by atoms with Crippen LogP contribution in [0.15, 0.2) is 47.3 Å². The molecule has 1 N–H and O–H groups in total. The van der Waals surface area contributed by atoms with Crippen molar-refractivity contribution in [3.8, 4) is 17.6 Å². The highest BCUT2D eigenvalue weighted by Crippen LogP contribution is 2.29. The number of nitrogens with zero attached hydrogens (tertiary/aromatic N) is 2. The molecule has 8 nitrogen and oxygen atoms in total. The van der Waals surface area contributed by atoms with Crippen LogP contribution in [0.1, 0.15) is 18.9 Å². The number of anilines is 1. The van der Waals surface area contributed by atoms with Gasteiger partial charge in [0.2, 0.25) is 0 Å². The minimum absolute atomic E-state index is 0.0521. The number of hydrogen-bond acceptors (Lipinski definition) is 7. The van der Waals surface area contributed by atoms with Gasteiger partial charge in [0.25, 0.3) is 11.5 Å². The smallest absolute Gasteiger partial charge is 0.387 e. The molecular weight excluding hydrogens is 540 g/mol. The van der Waals surface area contributed by atoms with Gasteiger partial charge in [-0.05, 0) is 49.2 Å². The average molecular weight is 564 g/mol. The minimum Gasteiger partial charge on any atom is -0.493 e. The van der Waals surface area contributed by atoms with Gasteiger partial charge in [-0.1, -0.05) is 29.8 Å². The number of carbonyl (C=O) groups is 1. The standard InChI is InChI=1S/C26H24ClF2N3O5S/c1-3-36-12-6-11-32-24(34)22(14-16-9-10-20(37-26(28)29)21(13-16)35-2)38-25(32)17(15-30)23(33)31-19-8-5-4-7-18(19)27/h4-5,7-10,13-14,26H,3,6,11-12H2,1-2H3,(H,31,33)/b22-14+,25-17-. The fourth-order valence-electron chi connectivity index (χ4n) is 3.44. The number of hydrogen-bond donors (Lipinski definition) is 1. The normalized spacial score (nSPS) is 12.3. The fraction of sp³-hybridized carbons (Fsp3) is 0.269. The van der Waals surface area contributed by atoms with Gasteiger partial charge in [-0.15, -0.1) is 11.3 Å². The lowest BCUT2D eigenvalue weighted by Crippen LogP contribution is -2.34. The molecule has 12 heteroatoms. The molecule has 3 rings (SSSR count). The molecule has 1 heterocycles. The number of carbonyl (C=O) groups excluding carboxylic acids is 1. The highest BCUT2D eigenvalue weighted by Gasteiger charge is 2.17. The van der Waals surface area contributed by atoms with Crippen molar-refractivity contribution in [2.75, 3.05) is 25.6 Å². The van der Waals surface area contributed by atoms with Crippen LogP contribution in [-0.2, 0) is 16.1 Å². The number of nitriles is 1. The van der Waals surface area contributed by atoms with Gasteiger partial charge >= 0.3 is 6.61 Å². The van der Waals surface area contributed by atoms with E-state index in [0.29, 0.717) is 35.9 Å². The predicted molar refractivity (Wildman–Crippen MR) is 141 cm³/mol. The van der Waals surface area contributed by atoms with Crippen molar-refractivity contribution < 1.29 is 27.8 Å². The Morgan fingerprint density at radius 1 is 1.26 bits per heavy atom. The third-order valence-corrected chi connectivity index (χ3v) is 6.62. The Hall–Kier alpha value is -3.72. The number of halogens is 3. The van der Waals surface area contributed by atoms with Gasteiger partial charge in [0.1, 0.15) is 10.7 Å². The molecule has 0 radical (unpaired) electrons. The summed E-state index contributed by atoms with van der Waals surface area (Å²) in [5.41, 5.74) is 0.0977. The first kappa shape index (κ1) is 28.8. The molecule has 0 unspecified atom stereocenters. The summed E-state index contributed by atoms with van der Waals surface area (Å²) in [4.78, 5) is 26.4. The van der Waals surface area contributed by atoms with Crippen LogP contribution in [0.4, 0.5) is 14.5 Å². The van der Waals surface area contributed by atoms with Crippen LogP contribution in [0.2, 0.25) is 5.02 Å². The van der Waals surface area contributed by atoms with Crippen LogP contribution < -0.4 is 29.5 Å². The lowest BCUT2D eigenvalue weighted by molar-refractivity contribution is -0.111. The van der Waals surface area contributed by atoms with E-state index in [4.69, 9.17) is 21.1 Å². The van der Waals surface area contributed by atoms with Gasteiger partial charge in [-0.3, -0.25) is 14.2 Å². The zero-order chi connectivity index (χ0) is 27.7. The van der Waals surface area contributed by atoms with E-state index in [1.54, 1.807) is 24.3 Å². The van der Waals surface area contributed by atoms with E-state index in [-0.39, 0.29) is 32.8 Å². The Bertz CT molecular complexity index is 1510. The summed E-state index contributed by atoms with van der Waals surface area (Å²) in [6, 6.07) is 12.7. The molecule has 0 spiro atoms. The second kappa shape index (κ2) is 13.7. The molecule has 0 fully saturated rings. The van der Waals surface area contributed by atoms with Crippen LogP contribution in [0.5, 0.6) is 11.5 Å². The van der Waals surface area contributed by atoms with E-state index in [9.17, 15) is 23.6 Å². The van der Waals surface area contributed by atoms with Crippen molar-refractivity contribution in [3.05, 3.63) is 72.6 Å². The highest BCUT2D eigenvalue weighted by atomic mass is 35.5. The SMILES string of the molecule is CCOCCCn1c(=O)/c(=C\c2ccc(OC(F)F)c(OC)c2)s/c1=C(/C#N)C(=O)Nc1ccccc1Cl. The van der Waals surface area contributed by atoms with Crippen molar-refractivity contribution in [2.24, 2.45) is 0 Å². The summed E-state index contributed by atoms with van der Waals surface area (Å²) in [6.45, 7) is -0.0875. The van der Waals surface area contributed by atoms with Crippen molar-refractivity contribution in [1.29, 1.82) is 5.26 Å². The van der Waals surface area contributed by atoms with E-state index < -0.39 is 18.1 Å². The Labute approximate surface area is 225 Å². The first-order chi connectivity index (χ1) is 18.3. The van der Waals surface area contributed by atoms with Gasteiger partial charge in [-0.2, -0.15) is 14.0 Å². The third-order valence-electron chi connectivity index (χ3n) is 5.16. The summed E-state index contributed by atoms with van der Waals surface area (Å²) >= 11 is 7.09. The van der Waals surface area contributed by atoms with Gasteiger partial charge in [0.05, 0.1) is 22.4 Å². The molecule has 0 aliphatic carbocycles. The Morgan fingerprint density at radius 2 is 2.03 bits per heavy atom. The molecule has 38 heavy (non-hydrogen) atoms. The number of ether oxygens (including phenoxy) is 3. The summed E-state index contributed by atoms with van der Waals surface area (Å²) in [5.74, 6) is -0.824. The van der Waals surface area contributed by atoms with E-state index in [2.05, 4.69) is 10.1 Å². The molecule has 200 valence electrons. The predicted octanol–water partition coefficient (Wildman–Crippen LogP) is 3.74. The second-order valence-corrected chi connectivity index (χ2v) is 9.07. The van der Waals surface area contributed by atoms with Crippen molar-refractivity contribution in [3.63, 3.8) is 0 Å². The Kier molecular flexibility index (Phi) is 10.4. The Morgan fingerprint density at radius 3 is 2.68 bits per heavy atom. The molecule has 0 saturated heterocycles.